The Morgan fingerprint density at radius 3 is 2.69 bits per heavy atom. The summed E-state index contributed by atoms with van der Waals surface area (Å²) in [6.45, 7) is 3.60. The number of aromatic nitrogens is 4. The van der Waals surface area contributed by atoms with E-state index in [-0.39, 0.29) is 5.82 Å². The quantitative estimate of drug-likeness (QED) is 0.812. The summed E-state index contributed by atoms with van der Waals surface area (Å²) in [5.74, 6) is -0.828. The van der Waals surface area contributed by atoms with Gasteiger partial charge in [0.05, 0.1) is 11.9 Å². The number of carboxylic acids is 1. The Morgan fingerprint density at radius 1 is 1.38 bits per heavy atom. The monoisotopic (exact) mass is 218 g/mol. The fourth-order valence-corrected chi connectivity index (χ4v) is 1.38. The van der Waals surface area contributed by atoms with E-state index in [4.69, 9.17) is 5.11 Å². The van der Waals surface area contributed by atoms with Crippen molar-refractivity contribution in [3.8, 4) is 5.69 Å². The van der Waals surface area contributed by atoms with E-state index in [0.29, 0.717) is 11.5 Å². The minimum atomic E-state index is -1.14. The van der Waals surface area contributed by atoms with Gasteiger partial charge in [-0.1, -0.05) is 0 Å². The van der Waals surface area contributed by atoms with Gasteiger partial charge < -0.3 is 5.11 Å². The Morgan fingerprint density at radius 2 is 2.12 bits per heavy atom. The highest BCUT2D eigenvalue weighted by atomic mass is 16.4. The minimum Gasteiger partial charge on any atom is -0.475 e. The van der Waals surface area contributed by atoms with E-state index < -0.39 is 5.97 Å². The molecule has 0 amide bonds. The van der Waals surface area contributed by atoms with Crippen molar-refractivity contribution < 1.29 is 9.90 Å². The Labute approximate surface area is 91.6 Å². The third kappa shape index (κ3) is 1.77. The molecule has 0 atom stereocenters. The van der Waals surface area contributed by atoms with Crippen LogP contribution in [0.4, 0.5) is 0 Å². The molecule has 2 aromatic heterocycles. The molecule has 6 heteroatoms. The number of aryl methyl sites for hydroxylation is 2. The molecule has 2 aromatic rings. The zero-order chi connectivity index (χ0) is 11.7. The molecule has 2 heterocycles. The first kappa shape index (κ1) is 10.3. The molecule has 0 saturated heterocycles. The Kier molecular flexibility index (Phi) is 2.40. The number of hydrogen-bond acceptors (Lipinski definition) is 4. The van der Waals surface area contributed by atoms with E-state index in [1.807, 2.05) is 13.0 Å². The largest absolute Gasteiger partial charge is 0.475 e. The topological polar surface area (TPSA) is 80.9 Å². The summed E-state index contributed by atoms with van der Waals surface area (Å²) in [5.41, 5.74) is 1.68. The molecule has 0 bridgehead atoms. The first-order valence-electron chi connectivity index (χ1n) is 4.67. The first-order chi connectivity index (χ1) is 7.58. The summed E-state index contributed by atoms with van der Waals surface area (Å²) in [4.78, 5) is 18.6. The fourth-order valence-electron chi connectivity index (χ4n) is 1.38. The van der Waals surface area contributed by atoms with Crippen LogP contribution in [0.1, 0.15) is 22.0 Å². The summed E-state index contributed by atoms with van der Waals surface area (Å²) in [6.07, 6.45) is 3.33. The summed E-state index contributed by atoms with van der Waals surface area (Å²) in [7, 11) is 0. The van der Waals surface area contributed by atoms with Crippen molar-refractivity contribution in [2.75, 3.05) is 0 Å². The highest BCUT2D eigenvalue weighted by Crippen LogP contribution is 2.09. The van der Waals surface area contributed by atoms with Crippen molar-refractivity contribution in [1.29, 1.82) is 0 Å². The maximum Gasteiger partial charge on any atom is 0.375 e. The van der Waals surface area contributed by atoms with Gasteiger partial charge in [0.15, 0.2) is 0 Å². The Hall–Kier alpha value is -2.24. The maximum atomic E-state index is 10.7. The van der Waals surface area contributed by atoms with Crippen LogP contribution < -0.4 is 0 Å². The van der Waals surface area contributed by atoms with Gasteiger partial charge in [0.2, 0.25) is 0 Å². The van der Waals surface area contributed by atoms with Crippen molar-refractivity contribution in [3.63, 3.8) is 0 Å². The molecule has 0 spiro atoms. The normalized spacial score (nSPS) is 10.4. The number of pyridine rings is 1. The standard InChI is InChI=1S/C10H10N4O2/c1-6-3-8(5-11-4-6)14-7(2)12-9(13-14)10(15)16/h3-5H,1-2H3,(H,15,16). The third-order valence-corrected chi connectivity index (χ3v) is 2.07. The van der Waals surface area contributed by atoms with E-state index in [1.165, 1.54) is 4.68 Å². The molecule has 0 saturated carbocycles. The molecule has 0 fully saturated rings. The van der Waals surface area contributed by atoms with Gasteiger partial charge in [0, 0.05) is 6.20 Å². The summed E-state index contributed by atoms with van der Waals surface area (Å²) < 4.78 is 1.46. The molecule has 82 valence electrons. The molecule has 0 aliphatic carbocycles. The lowest BCUT2D eigenvalue weighted by Gasteiger charge is -2.02. The molecule has 6 nitrogen and oxygen atoms in total. The van der Waals surface area contributed by atoms with Crippen LogP contribution in [0.2, 0.25) is 0 Å². The van der Waals surface area contributed by atoms with Crippen LogP contribution in [0, 0.1) is 13.8 Å². The van der Waals surface area contributed by atoms with Crippen molar-refractivity contribution in [2.24, 2.45) is 0 Å². The molecule has 0 aliphatic heterocycles. The van der Waals surface area contributed by atoms with Crippen LogP contribution >= 0.6 is 0 Å². The van der Waals surface area contributed by atoms with Crippen molar-refractivity contribution >= 4 is 5.97 Å². The number of carbonyl (C=O) groups is 1. The highest BCUT2D eigenvalue weighted by Gasteiger charge is 2.13. The maximum absolute atomic E-state index is 10.7. The van der Waals surface area contributed by atoms with Crippen molar-refractivity contribution in [1.82, 2.24) is 19.7 Å². The molecule has 0 aliphatic rings. The minimum absolute atomic E-state index is 0.209. The van der Waals surface area contributed by atoms with Gasteiger partial charge in [-0.05, 0) is 25.5 Å². The molecule has 16 heavy (non-hydrogen) atoms. The zero-order valence-electron chi connectivity index (χ0n) is 8.88. The van der Waals surface area contributed by atoms with Gasteiger partial charge in [0.1, 0.15) is 5.82 Å². The second kappa shape index (κ2) is 3.73. The van der Waals surface area contributed by atoms with Crippen LogP contribution in [-0.2, 0) is 0 Å². The van der Waals surface area contributed by atoms with Gasteiger partial charge in [-0.3, -0.25) is 4.98 Å². The molecular weight excluding hydrogens is 208 g/mol. The number of nitrogens with zero attached hydrogens (tertiary/aromatic N) is 4. The molecule has 0 unspecified atom stereocenters. The summed E-state index contributed by atoms with van der Waals surface area (Å²) >= 11 is 0. The highest BCUT2D eigenvalue weighted by molar-refractivity contribution is 5.83. The molecule has 2 rings (SSSR count). The lowest BCUT2D eigenvalue weighted by molar-refractivity contribution is 0.0683. The molecule has 0 radical (unpaired) electrons. The van der Waals surface area contributed by atoms with E-state index in [9.17, 15) is 4.79 Å². The van der Waals surface area contributed by atoms with Crippen molar-refractivity contribution in [3.05, 3.63) is 35.7 Å². The summed E-state index contributed by atoms with van der Waals surface area (Å²) in [5, 5.41) is 12.7. The second-order valence-electron chi connectivity index (χ2n) is 3.42. The predicted molar refractivity (Wildman–Crippen MR) is 55.6 cm³/mol. The Balaban J connectivity index is 2.52. The average Bonchev–Trinajstić information content (AvgIpc) is 2.60. The van der Waals surface area contributed by atoms with Crippen LogP contribution in [0.5, 0.6) is 0 Å². The summed E-state index contributed by atoms with van der Waals surface area (Å²) in [6, 6.07) is 1.86. The van der Waals surface area contributed by atoms with Gasteiger partial charge in [0.25, 0.3) is 5.82 Å². The van der Waals surface area contributed by atoms with Gasteiger partial charge in [-0.15, -0.1) is 5.10 Å². The van der Waals surface area contributed by atoms with Crippen LogP contribution in [0.25, 0.3) is 5.69 Å². The number of hydrogen-bond donors (Lipinski definition) is 1. The zero-order valence-corrected chi connectivity index (χ0v) is 8.88. The number of carboxylic acid groups (broad SMARTS) is 1. The third-order valence-electron chi connectivity index (χ3n) is 2.07. The van der Waals surface area contributed by atoms with E-state index in [2.05, 4.69) is 15.1 Å². The van der Waals surface area contributed by atoms with E-state index >= 15 is 0 Å². The lowest BCUT2D eigenvalue weighted by atomic mass is 10.3. The average molecular weight is 218 g/mol. The molecule has 1 N–H and O–H groups in total. The smallest absolute Gasteiger partial charge is 0.375 e. The fraction of sp³-hybridized carbons (Fsp3) is 0.200. The van der Waals surface area contributed by atoms with Gasteiger partial charge >= 0.3 is 5.97 Å². The second-order valence-corrected chi connectivity index (χ2v) is 3.42. The Bertz CT molecular complexity index is 548. The van der Waals surface area contributed by atoms with Crippen LogP contribution in [0.15, 0.2) is 18.5 Å². The van der Waals surface area contributed by atoms with E-state index in [1.54, 1.807) is 19.3 Å². The van der Waals surface area contributed by atoms with Crippen molar-refractivity contribution in [2.45, 2.75) is 13.8 Å². The van der Waals surface area contributed by atoms with Gasteiger partial charge in [-0.25, -0.2) is 14.5 Å². The first-order valence-corrected chi connectivity index (χ1v) is 4.67. The predicted octanol–water partition coefficient (Wildman–Crippen LogP) is 0.977. The van der Waals surface area contributed by atoms with Gasteiger partial charge in [-0.2, -0.15) is 0 Å². The number of rotatable bonds is 2. The van der Waals surface area contributed by atoms with Crippen LogP contribution in [-0.4, -0.2) is 30.8 Å². The number of aromatic carboxylic acids is 1. The SMILES string of the molecule is Cc1cncc(-n2nc(C(=O)O)nc2C)c1. The molecule has 0 aromatic carbocycles. The van der Waals surface area contributed by atoms with Crippen LogP contribution in [0.3, 0.4) is 0 Å². The molecular formula is C10H10N4O2. The lowest BCUT2D eigenvalue weighted by Crippen LogP contribution is -2.03. The van der Waals surface area contributed by atoms with E-state index in [0.717, 1.165) is 5.56 Å².